The minimum Gasteiger partial charge on any atom is -0.423 e. The van der Waals surface area contributed by atoms with Gasteiger partial charge in [-0.25, -0.2) is 4.79 Å². The van der Waals surface area contributed by atoms with Gasteiger partial charge in [0.2, 0.25) is 0 Å². The number of rotatable bonds is 5. The van der Waals surface area contributed by atoms with Gasteiger partial charge in [0.15, 0.2) is 5.78 Å². The van der Waals surface area contributed by atoms with Gasteiger partial charge < -0.3 is 4.74 Å². The number of ketones is 1. The van der Waals surface area contributed by atoms with Crippen molar-refractivity contribution in [1.29, 1.82) is 0 Å². The van der Waals surface area contributed by atoms with E-state index in [1.165, 1.54) is 6.08 Å². The summed E-state index contributed by atoms with van der Waals surface area (Å²) in [6.45, 7) is 5.31. The molecule has 0 spiro atoms. The van der Waals surface area contributed by atoms with Crippen LogP contribution in [0.4, 0.5) is 0 Å². The van der Waals surface area contributed by atoms with Crippen molar-refractivity contribution >= 4 is 17.8 Å². The van der Waals surface area contributed by atoms with Gasteiger partial charge in [-0.1, -0.05) is 54.6 Å². The van der Waals surface area contributed by atoms with Crippen LogP contribution in [0.25, 0.3) is 6.08 Å². The molecule has 0 fully saturated rings. The molecule has 3 heteroatoms. The number of carbonyl (C=O) groups is 2. The fraction of sp³-hybridized carbons (Fsp3) is 0.0526. The summed E-state index contributed by atoms with van der Waals surface area (Å²) in [7, 11) is 0. The van der Waals surface area contributed by atoms with Gasteiger partial charge in [-0.3, -0.25) is 4.79 Å². The van der Waals surface area contributed by atoms with Gasteiger partial charge in [0.05, 0.1) is 0 Å². The summed E-state index contributed by atoms with van der Waals surface area (Å²) in [5.41, 5.74) is 2.61. The Kier molecular flexibility index (Phi) is 5.04. The summed E-state index contributed by atoms with van der Waals surface area (Å²) < 4.78 is 4.98. The van der Waals surface area contributed by atoms with Crippen molar-refractivity contribution in [2.45, 2.75) is 6.92 Å². The third-order valence-electron chi connectivity index (χ3n) is 3.03. The van der Waals surface area contributed by atoms with E-state index >= 15 is 0 Å². The molecule has 0 N–H and O–H groups in total. The molecule has 0 aliphatic carbocycles. The lowest BCUT2D eigenvalue weighted by atomic mass is 10.1. The Bertz CT molecular complexity index is 707. The first kappa shape index (κ1) is 15.4. The zero-order chi connectivity index (χ0) is 15.9. The fourth-order valence-electron chi connectivity index (χ4n) is 1.79. The van der Waals surface area contributed by atoms with Crippen LogP contribution in [-0.2, 0) is 4.79 Å². The monoisotopic (exact) mass is 292 g/mol. The number of aryl methyl sites for hydroxylation is 1. The number of hydrogen-bond donors (Lipinski definition) is 0. The standard InChI is InChI=1S/C19H16O3/c1-3-19(21)22-17-11-6-15(7-12-17)8-13-18(20)16-9-4-14(2)5-10-16/h3-13H,1H2,2H3/b13-8+. The molecule has 0 unspecified atom stereocenters. The summed E-state index contributed by atoms with van der Waals surface area (Å²) in [5.74, 6) is -0.119. The van der Waals surface area contributed by atoms with Gasteiger partial charge in [-0.15, -0.1) is 0 Å². The lowest BCUT2D eigenvalue weighted by Crippen LogP contribution is -2.02. The van der Waals surface area contributed by atoms with E-state index in [0.717, 1.165) is 17.2 Å². The summed E-state index contributed by atoms with van der Waals surface area (Å²) in [5, 5.41) is 0. The predicted molar refractivity (Wildman–Crippen MR) is 86.8 cm³/mol. The van der Waals surface area contributed by atoms with E-state index in [1.54, 1.807) is 42.5 Å². The molecule has 0 aliphatic rings. The van der Waals surface area contributed by atoms with Crippen molar-refractivity contribution in [2.75, 3.05) is 0 Å². The molecule has 0 radical (unpaired) electrons. The van der Waals surface area contributed by atoms with Crippen molar-refractivity contribution in [2.24, 2.45) is 0 Å². The van der Waals surface area contributed by atoms with Crippen LogP contribution in [0.1, 0.15) is 21.5 Å². The average molecular weight is 292 g/mol. The van der Waals surface area contributed by atoms with E-state index in [-0.39, 0.29) is 5.78 Å². The normalized spacial score (nSPS) is 10.4. The van der Waals surface area contributed by atoms with Crippen LogP contribution in [0.2, 0.25) is 0 Å². The topological polar surface area (TPSA) is 43.4 Å². The van der Waals surface area contributed by atoms with E-state index in [2.05, 4.69) is 6.58 Å². The number of allylic oxidation sites excluding steroid dienone is 1. The third kappa shape index (κ3) is 4.28. The molecule has 2 aromatic rings. The second kappa shape index (κ2) is 7.18. The van der Waals surface area contributed by atoms with Crippen LogP contribution >= 0.6 is 0 Å². The third-order valence-corrected chi connectivity index (χ3v) is 3.03. The maximum absolute atomic E-state index is 12.0. The molecule has 2 rings (SSSR count). The lowest BCUT2D eigenvalue weighted by Gasteiger charge is -2.01. The minimum atomic E-state index is -0.502. The van der Waals surface area contributed by atoms with Gasteiger partial charge >= 0.3 is 5.97 Å². The molecule has 3 nitrogen and oxygen atoms in total. The van der Waals surface area contributed by atoms with E-state index in [4.69, 9.17) is 4.74 Å². The van der Waals surface area contributed by atoms with Crippen LogP contribution in [0.15, 0.2) is 67.3 Å². The Morgan fingerprint density at radius 1 is 1.00 bits per heavy atom. The zero-order valence-electron chi connectivity index (χ0n) is 12.3. The molecule has 0 saturated carbocycles. The first-order valence-corrected chi connectivity index (χ1v) is 6.82. The molecular weight excluding hydrogens is 276 g/mol. The second-order valence-electron chi connectivity index (χ2n) is 4.76. The highest BCUT2D eigenvalue weighted by Gasteiger charge is 2.01. The van der Waals surface area contributed by atoms with Crippen LogP contribution in [0, 0.1) is 6.92 Å². The molecule has 0 aliphatic heterocycles. The highest BCUT2D eigenvalue weighted by Crippen LogP contribution is 2.14. The Balaban J connectivity index is 2.03. The average Bonchev–Trinajstić information content (AvgIpc) is 2.54. The van der Waals surface area contributed by atoms with Crippen LogP contribution < -0.4 is 4.74 Å². The Hall–Kier alpha value is -2.94. The van der Waals surface area contributed by atoms with Crippen LogP contribution in [0.5, 0.6) is 5.75 Å². The maximum Gasteiger partial charge on any atom is 0.335 e. The van der Waals surface area contributed by atoms with Crippen molar-refractivity contribution in [3.05, 3.63) is 84.0 Å². The van der Waals surface area contributed by atoms with E-state index < -0.39 is 5.97 Å². The Morgan fingerprint density at radius 3 is 2.23 bits per heavy atom. The molecule has 0 amide bonds. The van der Waals surface area contributed by atoms with Gasteiger partial charge in [0, 0.05) is 11.6 Å². The first-order valence-electron chi connectivity index (χ1n) is 6.82. The summed E-state index contributed by atoms with van der Waals surface area (Å²) >= 11 is 0. The largest absolute Gasteiger partial charge is 0.423 e. The van der Waals surface area contributed by atoms with Gasteiger partial charge in [0.25, 0.3) is 0 Å². The smallest absolute Gasteiger partial charge is 0.335 e. The van der Waals surface area contributed by atoms with Crippen molar-refractivity contribution in [3.63, 3.8) is 0 Å². The van der Waals surface area contributed by atoms with Gasteiger partial charge in [0.1, 0.15) is 5.75 Å². The lowest BCUT2D eigenvalue weighted by molar-refractivity contribution is -0.128. The predicted octanol–water partition coefficient (Wildman–Crippen LogP) is 3.98. The van der Waals surface area contributed by atoms with E-state index in [1.807, 2.05) is 19.1 Å². The number of esters is 1. The SMILES string of the molecule is C=CC(=O)Oc1ccc(/C=C/C(=O)c2ccc(C)cc2)cc1. The number of hydrogen-bond acceptors (Lipinski definition) is 3. The zero-order valence-corrected chi connectivity index (χ0v) is 12.3. The molecule has 110 valence electrons. The molecule has 0 aromatic heterocycles. The van der Waals surface area contributed by atoms with E-state index in [0.29, 0.717) is 11.3 Å². The molecule has 0 bridgehead atoms. The Morgan fingerprint density at radius 2 is 1.64 bits per heavy atom. The van der Waals surface area contributed by atoms with Gasteiger partial charge in [-0.05, 0) is 30.7 Å². The first-order chi connectivity index (χ1) is 10.6. The maximum atomic E-state index is 12.0. The fourth-order valence-corrected chi connectivity index (χ4v) is 1.79. The quantitative estimate of drug-likeness (QED) is 0.362. The second-order valence-corrected chi connectivity index (χ2v) is 4.76. The highest BCUT2D eigenvalue weighted by atomic mass is 16.5. The van der Waals surface area contributed by atoms with Crippen molar-refractivity contribution < 1.29 is 14.3 Å². The molecule has 0 saturated heterocycles. The highest BCUT2D eigenvalue weighted by molar-refractivity contribution is 6.06. The van der Waals surface area contributed by atoms with Crippen molar-refractivity contribution in [1.82, 2.24) is 0 Å². The number of ether oxygens (including phenoxy) is 1. The van der Waals surface area contributed by atoms with Crippen molar-refractivity contribution in [3.8, 4) is 5.75 Å². The molecule has 2 aromatic carbocycles. The minimum absolute atomic E-state index is 0.0536. The molecule has 0 atom stereocenters. The van der Waals surface area contributed by atoms with E-state index in [9.17, 15) is 9.59 Å². The molecule has 0 heterocycles. The number of benzene rings is 2. The summed E-state index contributed by atoms with van der Waals surface area (Å²) in [6.07, 6.45) is 4.35. The number of carbonyl (C=O) groups excluding carboxylic acids is 2. The van der Waals surface area contributed by atoms with Crippen LogP contribution in [0.3, 0.4) is 0 Å². The molecule has 22 heavy (non-hydrogen) atoms. The summed E-state index contributed by atoms with van der Waals surface area (Å²) in [4.78, 5) is 23.1. The van der Waals surface area contributed by atoms with Crippen LogP contribution in [-0.4, -0.2) is 11.8 Å². The summed E-state index contributed by atoms with van der Waals surface area (Å²) in [6, 6.07) is 14.3. The molecular formula is C19H16O3. The Labute approximate surface area is 129 Å². The van der Waals surface area contributed by atoms with Gasteiger partial charge in [-0.2, -0.15) is 0 Å².